The maximum absolute atomic E-state index is 13.9. The van der Waals surface area contributed by atoms with Crippen LogP contribution in [0.4, 0.5) is 10.1 Å². The van der Waals surface area contributed by atoms with Gasteiger partial charge in [-0.1, -0.05) is 29.8 Å². The summed E-state index contributed by atoms with van der Waals surface area (Å²) >= 11 is 0. The summed E-state index contributed by atoms with van der Waals surface area (Å²) in [7, 11) is 0. The average molecular weight is 694 g/mol. The van der Waals surface area contributed by atoms with E-state index in [9.17, 15) is 4.39 Å². The molecule has 0 unspecified atom stereocenters. The van der Waals surface area contributed by atoms with Crippen molar-refractivity contribution < 1.29 is 4.39 Å². The van der Waals surface area contributed by atoms with E-state index in [0.717, 1.165) is 56.0 Å². The molecule has 0 saturated carbocycles. The second-order valence-corrected chi connectivity index (χ2v) is 12.3. The first kappa shape index (κ1) is 38.0. The second-order valence-electron chi connectivity index (χ2n) is 12.3. The van der Waals surface area contributed by atoms with Crippen LogP contribution in [0.15, 0.2) is 97.3 Å². The van der Waals surface area contributed by atoms with Crippen LogP contribution in [0.3, 0.4) is 0 Å². The molecule has 1 aliphatic heterocycles. The lowest BCUT2D eigenvalue weighted by Gasteiger charge is -2.40. The van der Waals surface area contributed by atoms with E-state index in [0.29, 0.717) is 6.04 Å². The first-order valence-corrected chi connectivity index (χ1v) is 15.6. The average Bonchev–Trinajstić information content (AvgIpc) is 3.03. The lowest BCUT2D eigenvalue weighted by atomic mass is 9.98. The van der Waals surface area contributed by atoms with Crippen LogP contribution >= 0.6 is 37.2 Å². The zero-order valence-electron chi connectivity index (χ0n) is 27.4. The molecule has 4 nitrogen and oxygen atoms in total. The highest BCUT2D eigenvalue weighted by atomic mass is 35.5. The molecule has 0 aliphatic carbocycles. The fourth-order valence-electron chi connectivity index (χ4n) is 6.30. The number of hydrogen-bond acceptors (Lipinski definition) is 4. The molecule has 248 valence electrons. The predicted octanol–water partition coefficient (Wildman–Crippen LogP) is 10.1. The molecular formula is C39H44Cl3FN4. The maximum Gasteiger partial charge on any atom is 0.123 e. The third-order valence-electron chi connectivity index (χ3n) is 9.11. The summed E-state index contributed by atoms with van der Waals surface area (Å²) in [5.74, 6) is -0.244. The summed E-state index contributed by atoms with van der Waals surface area (Å²) in [6.07, 6.45) is 5.97. The van der Waals surface area contributed by atoms with Crippen molar-refractivity contribution in [2.24, 2.45) is 0 Å². The number of nitrogens with zero attached hydrogens (tertiary/aromatic N) is 4. The van der Waals surface area contributed by atoms with Gasteiger partial charge in [0.25, 0.3) is 0 Å². The number of benzene rings is 3. The smallest absolute Gasteiger partial charge is 0.123 e. The third-order valence-corrected chi connectivity index (χ3v) is 9.11. The van der Waals surface area contributed by atoms with E-state index in [1.165, 1.54) is 50.7 Å². The fourth-order valence-corrected chi connectivity index (χ4v) is 6.30. The van der Waals surface area contributed by atoms with Crippen molar-refractivity contribution in [3.8, 4) is 22.5 Å². The molecule has 0 radical (unpaired) electrons. The van der Waals surface area contributed by atoms with Crippen LogP contribution in [0, 0.1) is 33.5 Å². The topological polar surface area (TPSA) is 32.3 Å². The van der Waals surface area contributed by atoms with Crippen LogP contribution < -0.4 is 4.90 Å². The molecule has 3 aromatic carbocycles. The molecule has 47 heavy (non-hydrogen) atoms. The Morgan fingerprint density at radius 1 is 0.702 bits per heavy atom. The van der Waals surface area contributed by atoms with Crippen molar-refractivity contribution >= 4 is 42.9 Å². The fraction of sp³-hybridized carbons (Fsp3) is 0.282. The minimum atomic E-state index is -0.244. The molecule has 1 saturated heterocycles. The molecular weight excluding hydrogens is 650 g/mol. The SMILES string of the molecule is Cc1ccc(N(Cc2ccnc(-c3cccc(F)c3)c2)C2CCN(Cc3ccnc(-c4cc(C)c(C)c(C)c4)c3)CC2)cc1.Cl.Cl.Cl. The maximum atomic E-state index is 13.9. The van der Waals surface area contributed by atoms with E-state index in [2.05, 4.69) is 103 Å². The van der Waals surface area contributed by atoms with E-state index in [-0.39, 0.29) is 43.0 Å². The standard InChI is InChI=1S/C39H41FN4.3ClH/c1-27-8-10-36(11-9-27)44(26-32-13-17-41-38(23-32)33-6-5-7-35(40)24-33)37-14-18-43(19-15-37)25-31-12-16-42-39(22-31)34-20-28(2)30(4)29(3)21-34;;;/h5-13,16-17,20-24,37H,14-15,18-19,25-26H2,1-4H3;3*1H. The Hall–Kier alpha value is -3.48. The van der Waals surface area contributed by atoms with Crippen molar-refractivity contribution in [1.82, 2.24) is 14.9 Å². The summed E-state index contributed by atoms with van der Waals surface area (Å²) in [5, 5.41) is 0. The predicted molar refractivity (Wildman–Crippen MR) is 201 cm³/mol. The van der Waals surface area contributed by atoms with Crippen LogP contribution in [0.5, 0.6) is 0 Å². The largest absolute Gasteiger partial charge is 0.364 e. The number of aryl methyl sites for hydroxylation is 3. The Labute approximate surface area is 297 Å². The second kappa shape index (κ2) is 17.1. The Bertz CT molecular complexity index is 1730. The van der Waals surface area contributed by atoms with Gasteiger partial charge in [-0.3, -0.25) is 14.9 Å². The minimum Gasteiger partial charge on any atom is -0.364 e. The van der Waals surface area contributed by atoms with Gasteiger partial charge in [0.2, 0.25) is 0 Å². The summed E-state index contributed by atoms with van der Waals surface area (Å²) in [5.41, 5.74) is 12.8. The number of piperidine rings is 1. The number of halogens is 4. The van der Waals surface area contributed by atoms with Crippen molar-refractivity contribution in [3.05, 3.63) is 137 Å². The first-order chi connectivity index (χ1) is 21.3. The zero-order valence-corrected chi connectivity index (χ0v) is 29.9. The molecule has 0 bridgehead atoms. The Kier molecular flexibility index (Phi) is 13.8. The molecule has 8 heteroatoms. The quantitative estimate of drug-likeness (QED) is 0.162. The van der Waals surface area contributed by atoms with Crippen LogP contribution in [0.2, 0.25) is 0 Å². The van der Waals surface area contributed by atoms with Gasteiger partial charge in [-0.15, -0.1) is 37.2 Å². The number of anilines is 1. The van der Waals surface area contributed by atoms with Crippen molar-refractivity contribution in [2.75, 3.05) is 18.0 Å². The van der Waals surface area contributed by atoms with E-state index in [1.54, 1.807) is 12.1 Å². The number of rotatable bonds is 8. The summed E-state index contributed by atoms with van der Waals surface area (Å²) in [6.45, 7) is 12.5. The molecule has 5 aromatic rings. The highest BCUT2D eigenvalue weighted by molar-refractivity contribution is 5.86. The number of pyridine rings is 2. The minimum absolute atomic E-state index is 0. The number of hydrogen-bond donors (Lipinski definition) is 0. The summed E-state index contributed by atoms with van der Waals surface area (Å²) < 4.78 is 13.9. The monoisotopic (exact) mass is 692 g/mol. The van der Waals surface area contributed by atoms with E-state index in [4.69, 9.17) is 4.98 Å². The van der Waals surface area contributed by atoms with Gasteiger partial charge < -0.3 is 4.90 Å². The van der Waals surface area contributed by atoms with Gasteiger partial charge in [0.05, 0.1) is 11.4 Å². The van der Waals surface area contributed by atoms with Crippen molar-refractivity contribution in [1.29, 1.82) is 0 Å². The molecule has 6 rings (SSSR count). The molecule has 0 atom stereocenters. The highest BCUT2D eigenvalue weighted by Gasteiger charge is 2.25. The lowest BCUT2D eigenvalue weighted by molar-refractivity contribution is 0.201. The van der Waals surface area contributed by atoms with E-state index >= 15 is 0 Å². The summed E-state index contributed by atoms with van der Waals surface area (Å²) in [4.78, 5) is 14.4. The Morgan fingerprint density at radius 3 is 1.94 bits per heavy atom. The van der Waals surface area contributed by atoms with Gasteiger partial charge in [-0.25, -0.2) is 4.39 Å². The molecule has 0 amide bonds. The van der Waals surface area contributed by atoms with Crippen molar-refractivity contribution in [3.63, 3.8) is 0 Å². The van der Waals surface area contributed by atoms with E-state index in [1.807, 2.05) is 18.5 Å². The van der Waals surface area contributed by atoms with Crippen LogP contribution in [0.1, 0.15) is 46.2 Å². The Balaban J connectivity index is 0.00000200. The normalized spacial score (nSPS) is 13.2. The molecule has 1 aliphatic rings. The molecule has 1 fully saturated rings. The molecule has 0 N–H and O–H groups in total. The summed E-state index contributed by atoms with van der Waals surface area (Å²) in [6, 6.07) is 29.1. The highest BCUT2D eigenvalue weighted by Crippen LogP contribution is 2.29. The number of aromatic nitrogens is 2. The lowest BCUT2D eigenvalue weighted by Crippen LogP contribution is -2.44. The molecule has 2 aromatic heterocycles. The van der Waals surface area contributed by atoms with Gasteiger partial charge >= 0.3 is 0 Å². The van der Waals surface area contributed by atoms with Gasteiger partial charge in [0.1, 0.15) is 5.82 Å². The number of likely N-dealkylation sites (tertiary alicyclic amines) is 1. The van der Waals surface area contributed by atoms with Gasteiger partial charge in [0.15, 0.2) is 0 Å². The van der Waals surface area contributed by atoms with Gasteiger partial charge in [-0.05, 0) is 129 Å². The Morgan fingerprint density at radius 2 is 1.30 bits per heavy atom. The van der Waals surface area contributed by atoms with Gasteiger partial charge in [0, 0.05) is 61.4 Å². The van der Waals surface area contributed by atoms with Crippen LogP contribution in [-0.2, 0) is 13.1 Å². The molecule has 0 spiro atoms. The van der Waals surface area contributed by atoms with Crippen LogP contribution in [0.25, 0.3) is 22.5 Å². The van der Waals surface area contributed by atoms with Crippen LogP contribution in [-0.4, -0.2) is 34.0 Å². The first-order valence-electron chi connectivity index (χ1n) is 15.6. The van der Waals surface area contributed by atoms with Crippen molar-refractivity contribution in [2.45, 2.75) is 59.7 Å². The van der Waals surface area contributed by atoms with Gasteiger partial charge in [-0.2, -0.15) is 0 Å². The van der Waals surface area contributed by atoms with E-state index < -0.39 is 0 Å². The third kappa shape index (κ3) is 9.33. The zero-order chi connectivity index (χ0) is 30.6. The molecule has 3 heterocycles.